The molecule has 1 N–H and O–H groups in total. The topological polar surface area (TPSA) is 74.1 Å². The van der Waals surface area contributed by atoms with Crippen molar-refractivity contribution in [3.8, 4) is 11.5 Å². The Morgan fingerprint density at radius 1 is 1.04 bits per heavy atom. The molecule has 0 bridgehead atoms. The lowest BCUT2D eigenvalue weighted by Crippen LogP contribution is -2.10. The average Bonchev–Trinajstić information content (AvgIpc) is 3.06. The van der Waals surface area contributed by atoms with Gasteiger partial charge in [0, 0.05) is 18.5 Å². The summed E-state index contributed by atoms with van der Waals surface area (Å²) in [5.41, 5.74) is 3.86. The van der Waals surface area contributed by atoms with Gasteiger partial charge < -0.3 is 19.4 Å². The Kier molecular flexibility index (Phi) is 4.97. The van der Waals surface area contributed by atoms with E-state index in [1.165, 1.54) is 0 Å². The third-order valence-corrected chi connectivity index (χ3v) is 4.86. The molecule has 0 spiro atoms. The number of para-hydroxylation sites is 1. The van der Waals surface area contributed by atoms with Crippen molar-refractivity contribution in [2.24, 2.45) is 0 Å². The van der Waals surface area contributed by atoms with Crippen LogP contribution in [-0.2, 0) is 13.0 Å². The van der Waals surface area contributed by atoms with Crippen LogP contribution in [0, 0.1) is 0 Å². The van der Waals surface area contributed by atoms with Crippen molar-refractivity contribution in [3.63, 3.8) is 0 Å². The van der Waals surface area contributed by atoms with Crippen LogP contribution >= 0.6 is 0 Å². The first-order valence-corrected chi connectivity index (χ1v) is 9.31. The maximum absolute atomic E-state index is 5.44. The van der Waals surface area contributed by atoms with Crippen LogP contribution in [0.25, 0.3) is 22.1 Å². The molecule has 0 unspecified atom stereocenters. The van der Waals surface area contributed by atoms with E-state index in [0.29, 0.717) is 12.5 Å². The number of hydrogen-bond acceptors (Lipinski definition) is 6. The standard InChI is InChI=1S/C21H23N5O2/c1-4-26-17-8-6-5-7-16(17)19-20(26)23-21(25-24-19)22-12-11-14-13-15(27-2)9-10-18(14)28-3/h5-10,13H,4,11-12H2,1-3H3,(H,22,23,25). The average molecular weight is 377 g/mol. The summed E-state index contributed by atoms with van der Waals surface area (Å²) in [4.78, 5) is 4.71. The van der Waals surface area contributed by atoms with Crippen LogP contribution in [0.1, 0.15) is 12.5 Å². The molecule has 0 atom stereocenters. The zero-order valence-corrected chi connectivity index (χ0v) is 16.3. The van der Waals surface area contributed by atoms with Gasteiger partial charge in [-0.25, -0.2) is 0 Å². The maximum Gasteiger partial charge on any atom is 0.244 e. The molecule has 4 rings (SSSR count). The molecular formula is C21H23N5O2. The third-order valence-electron chi connectivity index (χ3n) is 4.86. The van der Waals surface area contributed by atoms with E-state index in [1.807, 2.05) is 30.3 Å². The Bertz CT molecular complexity index is 1120. The van der Waals surface area contributed by atoms with Crippen LogP contribution in [0.3, 0.4) is 0 Å². The Balaban J connectivity index is 1.57. The van der Waals surface area contributed by atoms with Crippen LogP contribution in [-0.4, -0.2) is 40.5 Å². The monoisotopic (exact) mass is 377 g/mol. The molecule has 2 aromatic carbocycles. The molecule has 144 valence electrons. The number of ether oxygens (including phenoxy) is 2. The maximum atomic E-state index is 5.44. The lowest BCUT2D eigenvalue weighted by molar-refractivity contribution is 0.399. The lowest BCUT2D eigenvalue weighted by Gasteiger charge is -2.11. The van der Waals surface area contributed by atoms with Crippen molar-refractivity contribution >= 4 is 28.0 Å². The van der Waals surface area contributed by atoms with Crippen molar-refractivity contribution in [3.05, 3.63) is 48.0 Å². The van der Waals surface area contributed by atoms with Gasteiger partial charge in [-0.2, -0.15) is 4.98 Å². The molecule has 28 heavy (non-hydrogen) atoms. The highest BCUT2D eigenvalue weighted by Crippen LogP contribution is 2.26. The van der Waals surface area contributed by atoms with Crippen LogP contribution in [0.15, 0.2) is 42.5 Å². The summed E-state index contributed by atoms with van der Waals surface area (Å²) < 4.78 is 12.9. The highest BCUT2D eigenvalue weighted by atomic mass is 16.5. The molecule has 2 heterocycles. The van der Waals surface area contributed by atoms with E-state index in [1.54, 1.807) is 14.2 Å². The molecule has 7 nitrogen and oxygen atoms in total. The zero-order valence-electron chi connectivity index (χ0n) is 16.3. The summed E-state index contributed by atoms with van der Waals surface area (Å²) in [7, 11) is 3.33. The summed E-state index contributed by atoms with van der Waals surface area (Å²) in [6.07, 6.45) is 0.749. The van der Waals surface area contributed by atoms with E-state index in [0.717, 1.165) is 52.1 Å². The summed E-state index contributed by atoms with van der Waals surface area (Å²) >= 11 is 0. The number of methoxy groups -OCH3 is 2. The van der Waals surface area contributed by atoms with Crippen molar-refractivity contribution < 1.29 is 9.47 Å². The predicted octanol–water partition coefficient (Wildman–Crippen LogP) is 3.67. The van der Waals surface area contributed by atoms with Crippen LogP contribution in [0.2, 0.25) is 0 Å². The highest BCUT2D eigenvalue weighted by Gasteiger charge is 2.13. The number of fused-ring (bicyclic) bond motifs is 3. The van der Waals surface area contributed by atoms with E-state index < -0.39 is 0 Å². The second kappa shape index (κ2) is 7.72. The van der Waals surface area contributed by atoms with Crippen molar-refractivity contribution in [2.45, 2.75) is 19.9 Å². The fourth-order valence-corrected chi connectivity index (χ4v) is 3.48. The molecule has 0 fully saturated rings. The number of rotatable bonds is 7. The molecule has 4 aromatic rings. The number of nitrogens with one attached hydrogen (secondary N) is 1. The van der Waals surface area contributed by atoms with Crippen LogP contribution in [0.4, 0.5) is 5.95 Å². The fourth-order valence-electron chi connectivity index (χ4n) is 3.48. The molecule has 0 radical (unpaired) electrons. The zero-order chi connectivity index (χ0) is 19.5. The number of aryl methyl sites for hydroxylation is 1. The first-order chi connectivity index (χ1) is 13.7. The Morgan fingerprint density at radius 2 is 1.89 bits per heavy atom. The lowest BCUT2D eigenvalue weighted by atomic mass is 10.1. The Hall–Kier alpha value is -3.35. The Morgan fingerprint density at radius 3 is 2.68 bits per heavy atom. The number of anilines is 1. The van der Waals surface area contributed by atoms with E-state index in [2.05, 4.69) is 39.1 Å². The molecule has 0 saturated heterocycles. The van der Waals surface area contributed by atoms with Gasteiger partial charge in [0.25, 0.3) is 0 Å². The van der Waals surface area contributed by atoms with Gasteiger partial charge in [-0.05, 0) is 43.2 Å². The van der Waals surface area contributed by atoms with E-state index in [-0.39, 0.29) is 0 Å². The van der Waals surface area contributed by atoms with Gasteiger partial charge in [0.05, 0.1) is 19.7 Å². The molecule has 0 aliphatic rings. The van der Waals surface area contributed by atoms with E-state index in [9.17, 15) is 0 Å². The second-order valence-electron chi connectivity index (χ2n) is 6.42. The number of benzene rings is 2. The third kappa shape index (κ3) is 3.19. The van der Waals surface area contributed by atoms with Crippen molar-refractivity contribution in [2.75, 3.05) is 26.1 Å². The first-order valence-electron chi connectivity index (χ1n) is 9.31. The summed E-state index contributed by atoms with van der Waals surface area (Å²) in [6.45, 7) is 3.59. The first kappa shape index (κ1) is 18.0. The smallest absolute Gasteiger partial charge is 0.244 e. The highest BCUT2D eigenvalue weighted by molar-refractivity contribution is 6.04. The largest absolute Gasteiger partial charge is 0.497 e. The Labute approximate surface area is 163 Å². The van der Waals surface area contributed by atoms with Crippen LogP contribution in [0.5, 0.6) is 11.5 Å². The molecule has 0 aliphatic carbocycles. The predicted molar refractivity (Wildman–Crippen MR) is 110 cm³/mol. The van der Waals surface area contributed by atoms with Crippen molar-refractivity contribution in [1.29, 1.82) is 0 Å². The molecule has 0 aliphatic heterocycles. The molecule has 7 heteroatoms. The van der Waals surface area contributed by atoms with Crippen LogP contribution < -0.4 is 14.8 Å². The molecule has 2 aromatic heterocycles. The van der Waals surface area contributed by atoms with Gasteiger partial charge in [0.1, 0.15) is 17.0 Å². The second-order valence-corrected chi connectivity index (χ2v) is 6.42. The van der Waals surface area contributed by atoms with Gasteiger partial charge >= 0.3 is 0 Å². The SMILES string of the molecule is CCn1c2ccccc2c2nnc(NCCc3cc(OC)ccc3OC)nc21. The number of nitrogens with zero attached hydrogens (tertiary/aromatic N) is 4. The molecule has 0 saturated carbocycles. The van der Waals surface area contributed by atoms with Gasteiger partial charge in [0.2, 0.25) is 5.95 Å². The normalized spacial score (nSPS) is 11.1. The van der Waals surface area contributed by atoms with Gasteiger partial charge in [0.15, 0.2) is 5.65 Å². The molecular weight excluding hydrogens is 354 g/mol. The minimum atomic E-state index is 0.520. The van der Waals surface area contributed by atoms with E-state index in [4.69, 9.17) is 14.5 Å². The number of aromatic nitrogens is 4. The van der Waals surface area contributed by atoms with E-state index >= 15 is 0 Å². The number of hydrogen-bond donors (Lipinski definition) is 1. The summed E-state index contributed by atoms with van der Waals surface area (Å²) in [5.74, 6) is 2.16. The van der Waals surface area contributed by atoms with Gasteiger partial charge in [-0.15, -0.1) is 10.2 Å². The fraction of sp³-hybridized carbons (Fsp3) is 0.286. The van der Waals surface area contributed by atoms with Gasteiger partial charge in [-0.1, -0.05) is 18.2 Å². The summed E-state index contributed by atoms with van der Waals surface area (Å²) in [6, 6.07) is 14.0. The van der Waals surface area contributed by atoms with Gasteiger partial charge in [-0.3, -0.25) is 0 Å². The van der Waals surface area contributed by atoms with Crippen molar-refractivity contribution in [1.82, 2.24) is 19.7 Å². The quantitative estimate of drug-likeness (QED) is 0.530. The molecule has 0 amide bonds. The summed E-state index contributed by atoms with van der Waals surface area (Å²) in [5, 5.41) is 13.0. The minimum absolute atomic E-state index is 0.520. The minimum Gasteiger partial charge on any atom is -0.497 e.